The molecule has 0 radical (unpaired) electrons. The molecule has 0 bridgehead atoms. The van der Waals surface area contributed by atoms with Gasteiger partial charge in [-0.25, -0.2) is 4.68 Å². The molecule has 0 saturated heterocycles. The summed E-state index contributed by atoms with van der Waals surface area (Å²) in [4.78, 5) is 14.3. The van der Waals surface area contributed by atoms with E-state index in [-0.39, 0.29) is 5.56 Å². The average molecular weight is 286 g/mol. The van der Waals surface area contributed by atoms with Crippen molar-refractivity contribution in [2.75, 3.05) is 18.0 Å². The summed E-state index contributed by atoms with van der Waals surface area (Å²) in [6, 6.07) is 9.56. The Morgan fingerprint density at radius 2 is 1.76 bits per heavy atom. The third kappa shape index (κ3) is 3.70. The van der Waals surface area contributed by atoms with Gasteiger partial charge in [-0.3, -0.25) is 4.79 Å². The molecule has 0 atom stereocenters. The number of nitrogens with zero attached hydrogens (tertiary/aromatic N) is 3. The summed E-state index contributed by atoms with van der Waals surface area (Å²) in [5, 5.41) is 4.27. The number of hydrogen-bond donors (Lipinski definition) is 1. The van der Waals surface area contributed by atoms with Crippen molar-refractivity contribution in [3.63, 3.8) is 0 Å². The standard InChI is InChI=1S/C16H22N4O/c1-3-19(4-2)15-9-16(21)20(18-11-15)12-14-7-5-13(10-17)6-8-14/h5-9,11H,3-4,10,12,17H2,1-2H3. The summed E-state index contributed by atoms with van der Waals surface area (Å²) < 4.78 is 1.48. The first-order valence-corrected chi connectivity index (χ1v) is 7.28. The molecule has 0 saturated carbocycles. The fraction of sp³-hybridized carbons (Fsp3) is 0.375. The molecule has 0 aliphatic heterocycles. The van der Waals surface area contributed by atoms with Gasteiger partial charge < -0.3 is 10.6 Å². The van der Waals surface area contributed by atoms with Gasteiger partial charge in [0.2, 0.25) is 0 Å². The summed E-state index contributed by atoms with van der Waals surface area (Å²) in [7, 11) is 0. The first-order valence-electron chi connectivity index (χ1n) is 7.28. The van der Waals surface area contributed by atoms with Gasteiger partial charge in [-0.05, 0) is 25.0 Å². The molecule has 1 heterocycles. The predicted molar refractivity (Wildman–Crippen MR) is 85.5 cm³/mol. The van der Waals surface area contributed by atoms with Crippen LogP contribution in [0.2, 0.25) is 0 Å². The van der Waals surface area contributed by atoms with Crippen LogP contribution in [-0.4, -0.2) is 22.9 Å². The zero-order valence-corrected chi connectivity index (χ0v) is 12.6. The normalized spacial score (nSPS) is 10.6. The molecule has 0 unspecified atom stereocenters. The van der Waals surface area contributed by atoms with E-state index < -0.39 is 0 Å². The summed E-state index contributed by atoms with van der Waals surface area (Å²) in [6.45, 7) is 6.85. The first-order chi connectivity index (χ1) is 10.2. The summed E-state index contributed by atoms with van der Waals surface area (Å²) in [5.41, 5.74) is 8.49. The van der Waals surface area contributed by atoms with Crippen LogP contribution < -0.4 is 16.2 Å². The van der Waals surface area contributed by atoms with Gasteiger partial charge in [0.1, 0.15) is 0 Å². The lowest BCUT2D eigenvalue weighted by Crippen LogP contribution is -2.28. The topological polar surface area (TPSA) is 64.2 Å². The predicted octanol–water partition coefficient (Wildman–Crippen LogP) is 1.60. The molecule has 0 amide bonds. The lowest BCUT2D eigenvalue weighted by molar-refractivity contribution is 0.636. The Labute approximate surface area is 125 Å². The van der Waals surface area contributed by atoms with Crippen molar-refractivity contribution in [1.29, 1.82) is 0 Å². The summed E-state index contributed by atoms with van der Waals surface area (Å²) in [5.74, 6) is 0. The van der Waals surface area contributed by atoms with E-state index in [2.05, 4.69) is 23.8 Å². The van der Waals surface area contributed by atoms with Gasteiger partial charge in [-0.15, -0.1) is 0 Å². The van der Waals surface area contributed by atoms with Crippen molar-refractivity contribution in [1.82, 2.24) is 9.78 Å². The van der Waals surface area contributed by atoms with E-state index in [9.17, 15) is 4.79 Å². The highest BCUT2D eigenvalue weighted by molar-refractivity contribution is 5.42. The molecule has 0 spiro atoms. The monoisotopic (exact) mass is 286 g/mol. The second kappa shape index (κ2) is 7.04. The van der Waals surface area contributed by atoms with E-state index in [0.29, 0.717) is 13.1 Å². The molecule has 1 aromatic heterocycles. The molecule has 5 heteroatoms. The van der Waals surface area contributed by atoms with Gasteiger partial charge in [0.05, 0.1) is 18.4 Å². The number of aromatic nitrogens is 2. The molecule has 2 rings (SSSR count). The van der Waals surface area contributed by atoms with Crippen LogP contribution in [0.1, 0.15) is 25.0 Å². The quantitative estimate of drug-likeness (QED) is 0.876. The maximum Gasteiger partial charge on any atom is 0.269 e. The van der Waals surface area contributed by atoms with Crippen molar-refractivity contribution < 1.29 is 0 Å². The van der Waals surface area contributed by atoms with Crippen LogP contribution in [0.5, 0.6) is 0 Å². The van der Waals surface area contributed by atoms with Crippen LogP contribution >= 0.6 is 0 Å². The van der Waals surface area contributed by atoms with E-state index in [1.807, 2.05) is 24.3 Å². The number of rotatable bonds is 6. The Bertz CT molecular complexity index is 629. The number of hydrogen-bond acceptors (Lipinski definition) is 4. The van der Waals surface area contributed by atoms with Gasteiger partial charge in [0.25, 0.3) is 5.56 Å². The lowest BCUT2D eigenvalue weighted by Gasteiger charge is -2.20. The second-order valence-electron chi connectivity index (χ2n) is 4.90. The van der Waals surface area contributed by atoms with E-state index in [1.165, 1.54) is 4.68 Å². The van der Waals surface area contributed by atoms with Crippen LogP contribution in [0.25, 0.3) is 0 Å². The molecule has 1 aromatic carbocycles. The number of benzene rings is 1. The van der Waals surface area contributed by atoms with E-state index in [0.717, 1.165) is 29.9 Å². The average Bonchev–Trinajstić information content (AvgIpc) is 2.52. The van der Waals surface area contributed by atoms with Crippen molar-refractivity contribution >= 4 is 5.69 Å². The van der Waals surface area contributed by atoms with Crippen LogP contribution in [-0.2, 0) is 13.1 Å². The SMILES string of the molecule is CCN(CC)c1cnn(Cc2ccc(CN)cc2)c(=O)c1. The number of nitrogens with two attached hydrogens (primary N) is 1. The molecule has 5 nitrogen and oxygen atoms in total. The summed E-state index contributed by atoms with van der Waals surface area (Å²) in [6.07, 6.45) is 1.75. The van der Waals surface area contributed by atoms with E-state index >= 15 is 0 Å². The molecule has 112 valence electrons. The minimum Gasteiger partial charge on any atom is -0.371 e. The minimum atomic E-state index is -0.0812. The van der Waals surface area contributed by atoms with Gasteiger partial charge >= 0.3 is 0 Å². The fourth-order valence-corrected chi connectivity index (χ4v) is 2.26. The maximum atomic E-state index is 12.2. The smallest absolute Gasteiger partial charge is 0.269 e. The zero-order chi connectivity index (χ0) is 15.2. The zero-order valence-electron chi connectivity index (χ0n) is 12.6. The highest BCUT2D eigenvalue weighted by Gasteiger charge is 2.06. The molecular weight excluding hydrogens is 264 g/mol. The fourth-order valence-electron chi connectivity index (χ4n) is 2.26. The molecular formula is C16H22N4O. The molecule has 21 heavy (non-hydrogen) atoms. The van der Waals surface area contributed by atoms with Crippen molar-refractivity contribution in [2.24, 2.45) is 5.73 Å². The Morgan fingerprint density at radius 1 is 1.14 bits per heavy atom. The van der Waals surface area contributed by atoms with Crippen molar-refractivity contribution in [3.05, 3.63) is 58.0 Å². The number of anilines is 1. The van der Waals surface area contributed by atoms with Crippen LogP contribution in [0.4, 0.5) is 5.69 Å². The van der Waals surface area contributed by atoms with Crippen LogP contribution in [0.3, 0.4) is 0 Å². The van der Waals surface area contributed by atoms with Gasteiger partial charge in [0, 0.05) is 25.7 Å². The molecule has 2 aromatic rings. The van der Waals surface area contributed by atoms with E-state index in [1.54, 1.807) is 12.3 Å². The molecule has 0 aliphatic rings. The van der Waals surface area contributed by atoms with Crippen LogP contribution in [0, 0.1) is 0 Å². The van der Waals surface area contributed by atoms with Gasteiger partial charge in [-0.2, -0.15) is 5.10 Å². The Morgan fingerprint density at radius 3 is 2.29 bits per heavy atom. The molecule has 0 aliphatic carbocycles. The molecule has 0 fully saturated rings. The Kier molecular flexibility index (Phi) is 5.11. The van der Waals surface area contributed by atoms with Gasteiger partial charge in [0.15, 0.2) is 0 Å². The lowest BCUT2D eigenvalue weighted by atomic mass is 10.1. The van der Waals surface area contributed by atoms with E-state index in [4.69, 9.17) is 5.73 Å². The third-order valence-electron chi connectivity index (χ3n) is 3.57. The van der Waals surface area contributed by atoms with Gasteiger partial charge in [-0.1, -0.05) is 24.3 Å². The highest BCUT2D eigenvalue weighted by atomic mass is 16.1. The summed E-state index contributed by atoms with van der Waals surface area (Å²) >= 11 is 0. The second-order valence-corrected chi connectivity index (χ2v) is 4.90. The largest absolute Gasteiger partial charge is 0.371 e. The van der Waals surface area contributed by atoms with Crippen LogP contribution in [0.15, 0.2) is 41.3 Å². The van der Waals surface area contributed by atoms with Crippen molar-refractivity contribution in [3.8, 4) is 0 Å². The minimum absolute atomic E-state index is 0.0812. The van der Waals surface area contributed by atoms with Crippen molar-refractivity contribution in [2.45, 2.75) is 26.9 Å². The molecule has 2 N–H and O–H groups in total. The first kappa shape index (κ1) is 15.3. The third-order valence-corrected chi connectivity index (χ3v) is 3.57. The highest BCUT2D eigenvalue weighted by Crippen LogP contribution is 2.09. The Hall–Kier alpha value is -2.14. The Balaban J connectivity index is 2.19. The maximum absolute atomic E-state index is 12.2.